The van der Waals surface area contributed by atoms with Gasteiger partial charge in [-0.05, 0) is 55.9 Å². The highest BCUT2D eigenvalue weighted by atomic mass is 16.1. The minimum Gasteiger partial charge on any atom is -0.303 e. The number of hydrogen-bond donors (Lipinski definition) is 0. The van der Waals surface area contributed by atoms with Gasteiger partial charge in [-0.25, -0.2) is 0 Å². The first kappa shape index (κ1) is 14.6. The Hall–Kier alpha value is -0.850. The van der Waals surface area contributed by atoms with Crippen molar-refractivity contribution in [2.45, 2.75) is 65.7 Å². The van der Waals surface area contributed by atoms with E-state index in [1.165, 1.54) is 50.4 Å². The maximum atomic E-state index is 11.2. The largest absolute Gasteiger partial charge is 0.303 e. The molecule has 19 heavy (non-hydrogen) atoms. The fraction of sp³-hybridized carbons (Fsp3) is 0.722. The minimum absolute atomic E-state index is 0.262. The van der Waals surface area contributed by atoms with E-state index in [9.17, 15) is 4.79 Å². The molecule has 2 aliphatic carbocycles. The van der Waals surface area contributed by atoms with Gasteiger partial charge in [-0.1, -0.05) is 44.4 Å². The molecule has 0 saturated heterocycles. The van der Waals surface area contributed by atoms with Gasteiger partial charge in [0.2, 0.25) is 0 Å². The van der Waals surface area contributed by atoms with Crippen LogP contribution in [0.25, 0.3) is 0 Å². The molecule has 0 bridgehead atoms. The van der Waals surface area contributed by atoms with Crippen LogP contribution in [-0.2, 0) is 4.79 Å². The van der Waals surface area contributed by atoms with Gasteiger partial charge in [0.1, 0.15) is 6.29 Å². The normalized spacial score (nSPS) is 31.7. The van der Waals surface area contributed by atoms with E-state index in [2.05, 4.69) is 32.9 Å². The van der Waals surface area contributed by atoms with Gasteiger partial charge in [0.15, 0.2) is 0 Å². The smallest absolute Gasteiger partial charge is 0.123 e. The summed E-state index contributed by atoms with van der Waals surface area (Å²) in [4.78, 5) is 11.2. The Morgan fingerprint density at radius 1 is 1.11 bits per heavy atom. The van der Waals surface area contributed by atoms with Gasteiger partial charge in [-0.3, -0.25) is 0 Å². The molecule has 106 valence electrons. The molecule has 0 aliphatic heterocycles. The van der Waals surface area contributed by atoms with Crippen LogP contribution < -0.4 is 0 Å². The Labute approximate surface area is 118 Å². The molecule has 0 N–H and O–H groups in total. The van der Waals surface area contributed by atoms with Crippen molar-refractivity contribution in [3.63, 3.8) is 0 Å². The molecule has 0 aromatic heterocycles. The van der Waals surface area contributed by atoms with Crippen molar-refractivity contribution in [3.8, 4) is 0 Å². The molecule has 0 heterocycles. The summed E-state index contributed by atoms with van der Waals surface area (Å²) in [7, 11) is 0. The highest BCUT2D eigenvalue weighted by Gasteiger charge is 2.27. The van der Waals surface area contributed by atoms with Gasteiger partial charge >= 0.3 is 0 Å². The summed E-state index contributed by atoms with van der Waals surface area (Å²) in [6, 6.07) is 0. The molecule has 2 atom stereocenters. The number of allylic oxidation sites excluding steroid dienone is 4. The first-order valence-electron chi connectivity index (χ1n) is 7.88. The third kappa shape index (κ3) is 3.38. The van der Waals surface area contributed by atoms with E-state index in [4.69, 9.17) is 0 Å². The quantitative estimate of drug-likeness (QED) is 0.647. The van der Waals surface area contributed by atoms with E-state index >= 15 is 0 Å². The summed E-state index contributed by atoms with van der Waals surface area (Å²) < 4.78 is 0. The summed E-state index contributed by atoms with van der Waals surface area (Å²) in [5, 5.41) is 0. The first-order chi connectivity index (χ1) is 9.04. The van der Waals surface area contributed by atoms with Crippen molar-refractivity contribution in [2.24, 2.45) is 17.3 Å². The fourth-order valence-electron chi connectivity index (χ4n) is 3.83. The summed E-state index contributed by atoms with van der Waals surface area (Å²) in [6.45, 7) is 6.99. The standard InChI is InChI=1S/C18H28O/c1-14-7-6-12-18(2,3)17(14)11-10-15-8-4-5-9-16(15)13-19/h10-11,13,15-16H,4-9,12H2,1-3H3/t15?,16-/m1/s1. The van der Waals surface area contributed by atoms with Crippen LogP contribution in [0, 0.1) is 17.3 Å². The molecule has 1 fully saturated rings. The van der Waals surface area contributed by atoms with Crippen LogP contribution in [0.1, 0.15) is 65.7 Å². The van der Waals surface area contributed by atoms with Crippen molar-refractivity contribution < 1.29 is 4.79 Å². The molecule has 0 aromatic carbocycles. The topological polar surface area (TPSA) is 17.1 Å². The lowest BCUT2D eigenvalue weighted by Crippen LogP contribution is -2.21. The maximum absolute atomic E-state index is 11.2. The number of rotatable bonds is 3. The maximum Gasteiger partial charge on any atom is 0.123 e. The summed E-state index contributed by atoms with van der Waals surface area (Å²) in [6.07, 6.45) is 14.5. The second kappa shape index (κ2) is 6.07. The summed E-state index contributed by atoms with van der Waals surface area (Å²) in [5.74, 6) is 0.738. The second-order valence-corrected chi connectivity index (χ2v) is 7.04. The van der Waals surface area contributed by atoms with Gasteiger partial charge in [0, 0.05) is 5.92 Å². The zero-order chi connectivity index (χ0) is 13.9. The van der Waals surface area contributed by atoms with Crippen LogP contribution in [0.15, 0.2) is 23.3 Å². The Kier molecular flexibility index (Phi) is 4.65. The number of carbonyl (C=O) groups is 1. The molecule has 2 aliphatic rings. The Bertz CT molecular complexity index is 386. The summed E-state index contributed by atoms with van der Waals surface area (Å²) >= 11 is 0. The van der Waals surface area contributed by atoms with Crippen molar-refractivity contribution >= 4 is 6.29 Å². The fourth-order valence-corrected chi connectivity index (χ4v) is 3.83. The zero-order valence-electron chi connectivity index (χ0n) is 12.7. The third-order valence-corrected chi connectivity index (χ3v) is 5.10. The molecule has 1 saturated carbocycles. The van der Waals surface area contributed by atoms with Crippen LogP contribution in [0.3, 0.4) is 0 Å². The predicted octanol–water partition coefficient (Wildman–Crippen LogP) is 5.07. The second-order valence-electron chi connectivity index (χ2n) is 7.04. The number of carbonyl (C=O) groups excluding carboxylic acids is 1. The van der Waals surface area contributed by atoms with Crippen molar-refractivity contribution in [1.29, 1.82) is 0 Å². The highest BCUT2D eigenvalue weighted by molar-refractivity contribution is 5.55. The molecule has 1 unspecified atom stereocenters. The predicted molar refractivity (Wildman–Crippen MR) is 81.0 cm³/mol. The molecule has 0 amide bonds. The average molecular weight is 260 g/mol. The molecular formula is C18H28O. The Morgan fingerprint density at radius 3 is 2.42 bits per heavy atom. The Morgan fingerprint density at radius 2 is 1.79 bits per heavy atom. The van der Waals surface area contributed by atoms with Crippen molar-refractivity contribution in [3.05, 3.63) is 23.3 Å². The molecule has 0 aromatic rings. The molecule has 0 radical (unpaired) electrons. The monoisotopic (exact) mass is 260 g/mol. The van der Waals surface area contributed by atoms with Crippen LogP contribution >= 0.6 is 0 Å². The SMILES string of the molecule is CC1=C(C=CC2CCCC[C@@H]2C=O)C(C)(C)CCC1. The van der Waals surface area contributed by atoms with E-state index in [0.717, 1.165) is 6.42 Å². The van der Waals surface area contributed by atoms with Crippen molar-refractivity contribution in [2.75, 3.05) is 0 Å². The van der Waals surface area contributed by atoms with Gasteiger partial charge in [0.25, 0.3) is 0 Å². The van der Waals surface area contributed by atoms with E-state index in [0.29, 0.717) is 11.3 Å². The van der Waals surface area contributed by atoms with Gasteiger partial charge in [-0.2, -0.15) is 0 Å². The number of hydrogen-bond acceptors (Lipinski definition) is 1. The van der Waals surface area contributed by atoms with E-state index in [1.807, 2.05) is 0 Å². The Balaban J connectivity index is 2.14. The minimum atomic E-state index is 0.262. The van der Waals surface area contributed by atoms with Crippen LogP contribution in [0.4, 0.5) is 0 Å². The zero-order valence-corrected chi connectivity index (χ0v) is 12.7. The first-order valence-corrected chi connectivity index (χ1v) is 7.88. The molecular weight excluding hydrogens is 232 g/mol. The lowest BCUT2D eigenvalue weighted by molar-refractivity contribution is -0.112. The molecule has 0 spiro atoms. The van der Waals surface area contributed by atoms with Gasteiger partial charge < -0.3 is 4.79 Å². The molecule has 1 heteroatoms. The lowest BCUT2D eigenvalue weighted by Gasteiger charge is -2.33. The molecule has 1 nitrogen and oxygen atoms in total. The van der Waals surface area contributed by atoms with Crippen LogP contribution in [0.2, 0.25) is 0 Å². The van der Waals surface area contributed by atoms with E-state index in [1.54, 1.807) is 5.57 Å². The van der Waals surface area contributed by atoms with Crippen LogP contribution in [-0.4, -0.2) is 6.29 Å². The summed E-state index contributed by atoms with van der Waals surface area (Å²) in [5.41, 5.74) is 3.38. The van der Waals surface area contributed by atoms with Crippen molar-refractivity contribution in [1.82, 2.24) is 0 Å². The highest BCUT2D eigenvalue weighted by Crippen LogP contribution is 2.41. The average Bonchev–Trinajstić information content (AvgIpc) is 2.38. The van der Waals surface area contributed by atoms with E-state index in [-0.39, 0.29) is 5.92 Å². The van der Waals surface area contributed by atoms with Gasteiger partial charge in [-0.15, -0.1) is 0 Å². The van der Waals surface area contributed by atoms with Crippen LogP contribution in [0.5, 0.6) is 0 Å². The lowest BCUT2D eigenvalue weighted by atomic mass is 9.72. The van der Waals surface area contributed by atoms with E-state index < -0.39 is 0 Å². The number of aldehydes is 1. The van der Waals surface area contributed by atoms with Gasteiger partial charge in [0.05, 0.1) is 0 Å². The molecule has 2 rings (SSSR count). The third-order valence-electron chi connectivity index (χ3n) is 5.10.